The molecule has 5 heteroatoms. The fourth-order valence-electron chi connectivity index (χ4n) is 3.38. The third kappa shape index (κ3) is 2.63. The van der Waals surface area contributed by atoms with E-state index in [4.69, 9.17) is 0 Å². The van der Waals surface area contributed by atoms with Crippen molar-refractivity contribution in [1.29, 1.82) is 0 Å². The second-order valence-electron chi connectivity index (χ2n) is 6.14. The van der Waals surface area contributed by atoms with Crippen molar-refractivity contribution in [3.05, 3.63) is 77.6 Å². The van der Waals surface area contributed by atoms with Crippen LogP contribution in [0.15, 0.2) is 60.8 Å². The predicted octanol–water partition coefficient (Wildman–Crippen LogP) is 2.89. The van der Waals surface area contributed by atoms with E-state index in [1.165, 1.54) is 4.90 Å². The molecule has 3 aromatic rings. The number of amides is 1. The Bertz CT molecular complexity index is 978. The minimum atomic E-state index is -0.997. The van der Waals surface area contributed by atoms with Crippen LogP contribution in [0.5, 0.6) is 0 Å². The number of nitrogens with zero attached hydrogens (tertiary/aromatic N) is 2. The summed E-state index contributed by atoms with van der Waals surface area (Å²) in [4.78, 5) is 30.6. The molecule has 1 atom stereocenters. The zero-order valence-electron chi connectivity index (χ0n) is 13.4. The van der Waals surface area contributed by atoms with Gasteiger partial charge in [0.05, 0.1) is 0 Å². The monoisotopic (exact) mass is 332 g/mol. The molecule has 0 spiro atoms. The lowest BCUT2D eigenvalue weighted by Crippen LogP contribution is -2.48. The zero-order chi connectivity index (χ0) is 17.4. The first kappa shape index (κ1) is 15.3. The van der Waals surface area contributed by atoms with E-state index < -0.39 is 12.0 Å². The van der Waals surface area contributed by atoms with E-state index >= 15 is 0 Å². The van der Waals surface area contributed by atoms with Gasteiger partial charge < -0.3 is 10.0 Å². The Kier molecular flexibility index (Phi) is 3.69. The molecule has 25 heavy (non-hydrogen) atoms. The number of aliphatic carboxylic acids is 1. The number of rotatable bonds is 2. The normalized spacial score (nSPS) is 16.5. The number of hydrogen-bond donors (Lipinski definition) is 1. The SMILES string of the molecule is O=C(O)[C@H]1Cc2ccccc2CN1C(=O)c1nccc2ccccc12. The van der Waals surface area contributed by atoms with Crippen LogP contribution in [0.4, 0.5) is 0 Å². The van der Waals surface area contributed by atoms with Gasteiger partial charge >= 0.3 is 5.97 Å². The molecule has 1 aromatic heterocycles. The van der Waals surface area contributed by atoms with Crippen LogP contribution in [0.3, 0.4) is 0 Å². The Morgan fingerprint density at radius 2 is 1.72 bits per heavy atom. The van der Waals surface area contributed by atoms with Crippen molar-refractivity contribution >= 4 is 22.6 Å². The summed E-state index contributed by atoms with van der Waals surface area (Å²) in [6.45, 7) is 0.275. The molecule has 0 fully saturated rings. The molecule has 1 N–H and O–H groups in total. The van der Waals surface area contributed by atoms with Crippen molar-refractivity contribution in [3.63, 3.8) is 0 Å². The largest absolute Gasteiger partial charge is 0.480 e. The molecule has 1 amide bonds. The van der Waals surface area contributed by atoms with E-state index in [0.717, 1.165) is 21.9 Å². The van der Waals surface area contributed by atoms with Crippen molar-refractivity contribution in [2.24, 2.45) is 0 Å². The van der Waals surface area contributed by atoms with E-state index in [0.29, 0.717) is 12.1 Å². The number of carbonyl (C=O) groups excluding carboxylic acids is 1. The Hall–Kier alpha value is -3.21. The van der Waals surface area contributed by atoms with Gasteiger partial charge in [-0.3, -0.25) is 9.78 Å². The van der Waals surface area contributed by atoms with E-state index in [2.05, 4.69) is 4.98 Å². The van der Waals surface area contributed by atoms with Gasteiger partial charge in [0, 0.05) is 24.5 Å². The highest BCUT2D eigenvalue weighted by Gasteiger charge is 2.35. The van der Waals surface area contributed by atoms with E-state index in [-0.39, 0.29) is 12.5 Å². The van der Waals surface area contributed by atoms with Gasteiger partial charge in [-0.1, -0.05) is 48.5 Å². The number of carboxylic acid groups (broad SMARTS) is 1. The molecule has 0 bridgehead atoms. The molecule has 4 rings (SSSR count). The summed E-state index contributed by atoms with van der Waals surface area (Å²) in [5.41, 5.74) is 2.25. The summed E-state index contributed by atoms with van der Waals surface area (Å²) < 4.78 is 0. The molecule has 1 aliphatic rings. The lowest BCUT2D eigenvalue weighted by molar-refractivity contribution is -0.142. The van der Waals surface area contributed by atoms with Gasteiger partial charge in [0.2, 0.25) is 0 Å². The molecule has 0 radical (unpaired) electrons. The molecule has 0 saturated heterocycles. The maximum atomic E-state index is 13.1. The Morgan fingerprint density at radius 3 is 2.52 bits per heavy atom. The van der Waals surface area contributed by atoms with Crippen LogP contribution in [-0.4, -0.2) is 32.9 Å². The number of aromatic nitrogens is 1. The average molecular weight is 332 g/mol. The number of carbonyl (C=O) groups is 2. The fourth-order valence-corrected chi connectivity index (χ4v) is 3.38. The zero-order valence-corrected chi connectivity index (χ0v) is 13.4. The summed E-state index contributed by atoms with van der Waals surface area (Å²) in [6.07, 6.45) is 1.89. The van der Waals surface area contributed by atoms with Crippen molar-refractivity contribution < 1.29 is 14.7 Å². The maximum Gasteiger partial charge on any atom is 0.326 e. The number of benzene rings is 2. The molecule has 0 saturated carbocycles. The summed E-state index contributed by atoms with van der Waals surface area (Å²) >= 11 is 0. The summed E-state index contributed by atoms with van der Waals surface area (Å²) in [7, 11) is 0. The van der Waals surface area contributed by atoms with Crippen molar-refractivity contribution in [3.8, 4) is 0 Å². The molecule has 2 heterocycles. The van der Waals surface area contributed by atoms with Gasteiger partial charge in [-0.05, 0) is 22.6 Å². The number of pyridine rings is 1. The predicted molar refractivity (Wildman–Crippen MR) is 93.2 cm³/mol. The van der Waals surface area contributed by atoms with Crippen molar-refractivity contribution in [2.75, 3.05) is 0 Å². The number of fused-ring (bicyclic) bond motifs is 2. The van der Waals surface area contributed by atoms with Gasteiger partial charge in [-0.15, -0.1) is 0 Å². The van der Waals surface area contributed by atoms with E-state index in [9.17, 15) is 14.7 Å². The van der Waals surface area contributed by atoms with Crippen LogP contribution < -0.4 is 0 Å². The molecular weight excluding hydrogens is 316 g/mol. The highest BCUT2D eigenvalue weighted by Crippen LogP contribution is 2.26. The second kappa shape index (κ2) is 6.02. The first-order valence-electron chi connectivity index (χ1n) is 8.09. The maximum absolute atomic E-state index is 13.1. The lowest BCUT2D eigenvalue weighted by atomic mass is 9.93. The van der Waals surface area contributed by atoms with Crippen LogP contribution in [0, 0.1) is 0 Å². The van der Waals surface area contributed by atoms with Gasteiger partial charge in [0.1, 0.15) is 11.7 Å². The second-order valence-corrected chi connectivity index (χ2v) is 6.14. The van der Waals surface area contributed by atoms with E-state index in [1.807, 2.05) is 54.6 Å². The van der Waals surface area contributed by atoms with Crippen LogP contribution in [-0.2, 0) is 17.8 Å². The topological polar surface area (TPSA) is 70.5 Å². The molecule has 0 unspecified atom stereocenters. The van der Waals surface area contributed by atoms with Gasteiger partial charge in [-0.25, -0.2) is 4.79 Å². The average Bonchev–Trinajstić information content (AvgIpc) is 2.66. The Labute approximate surface area is 144 Å². The summed E-state index contributed by atoms with van der Waals surface area (Å²) in [5, 5.41) is 11.3. The fraction of sp³-hybridized carbons (Fsp3) is 0.150. The molecule has 5 nitrogen and oxygen atoms in total. The summed E-state index contributed by atoms with van der Waals surface area (Å²) in [5.74, 6) is -1.35. The molecular formula is C20H16N2O3. The van der Waals surface area contributed by atoms with Crippen molar-refractivity contribution in [1.82, 2.24) is 9.88 Å². The number of hydrogen-bond acceptors (Lipinski definition) is 3. The van der Waals surface area contributed by atoms with Crippen molar-refractivity contribution in [2.45, 2.75) is 19.0 Å². The first-order chi connectivity index (χ1) is 12.1. The quantitative estimate of drug-likeness (QED) is 0.783. The Balaban J connectivity index is 1.79. The Morgan fingerprint density at radius 1 is 1.00 bits per heavy atom. The molecule has 1 aliphatic heterocycles. The standard InChI is InChI=1S/C20H16N2O3/c23-19(18-16-8-4-3-5-13(16)9-10-21-18)22-12-15-7-2-1-6-14(15)11-17(22)20(24)25/h1-10,17H,11-12H2,(H,24,25)/t17-/m1/s1. The highest BCUT2D eigenvalue weighted by atomic mass is 16.4. The first-order valence-corrected chi connectivity index (χ1v) is 8.09. The van der Waals surface area contributed by atoms with E-state index in [1.54, 1.807) is 6.20 Å². The molecule has 2 aromatic carbocycles. The molecule has 124 valence electrons. The third-order valence-electron chi connectivity index (χ3n) is 4.67. The highest BCUT2D eigenvalue weighted by molar-refractivity contribution is 6.06. The molecule has 0 aliphatic carbocycles. The van der Waals surface area contributed by atoms with Gasteiger partial charge in [0.15, 0.2) is 0 Å². The third-order valence-corrected chi connectivity index (χ3v) is 4.67. The minimum absolute atomic E-state index is 0.275. The van der Waals surface area contributed by atoms with Gasteiger partial charge in [0.25, 0.3) is 5.91 Å². The minimum Gasteiger partial charge on any atom is -0.480 e. The van der Waals surface area contributed by atoms with Gasteiger partial charge in [-0.2, -0.15) is 0 Å². The summed E-state index contributed by atoms with van der Waals surface area (Å²) in [6, 6.07) is 16.1. The van der Waals surface area contributed by atoms with Crippen LogP contribution in [0.1, 0.15) is 21.6 Å². The van der Waals surface area contributed by atoms with Crippen LogP contribution in [0.25, 0.3) is 10.8 Å². The van der Waals surface area contributed by atoms with Crippen LogP contribution in [0.2, 0.25) is 0 Å². The smallest absolute Gasteiger partial charge is 0.326 e. The number of carboxylic acids is 1. The lowest BCUT2D eigenvalue weighted by Gasteiger charge is -2.34. The van der Waals surface area contributed by atoms with Crippen LogP contribution >= 0.6 is 0 Å².